The standard InChI is InChI=1S/C12H16O3/c1-9(2)11(13)8-15-12(14)10-6-4-3-5-7-10/h3-7,9,11,13H,8H2,1-2H3. The Kier molecular flexibility index (Phi) is 4.31. The highest BCUT2D eigenvalue weighted by molar-refractivity contribution is 5.89. The largest absolute Gasteiger partial charge is 0.459 e. The summed E-state index contributed by atoms with van der Waals surface area (Å²) in [5.41, 5.74) is 0.508. The molecule has 0 saturated carbocycles. The van der Waals surface area contributed by atoms with Crippen molar-refractivity contribution in [3.8, 4) is 0 Å². The maximum Gasteiger partial charge on any atom is 0.338 e. The van der Waals surface area contributed by atoms with Crippen LogP contribution in [0.1, 0.15) is 24.2 Å². The Morgan fingerprint density at radius 3 is 2.47 bits per heavy atom. The Hall–Kier alpha value is -1.35. The predicted octanol–water partition coefficient (Wildman–Crippen LogP) is 1.86. The summed E-state index contributed by atoms with van der Waals surface area (Å²) in [5, 5.41) is 9.45. The van der Waals surface area contributed by atoms with Crippen molar-refractivity contribution in [2.75, 3.05) is 6.61 Å². The minimum atomic E-state index is -0.599. The van der Waals surface area contributed by atoms with Gasteiger partial charge in [-0.15, -0.1) is 0 Å². The molecular formula is C12H16O3. The van der Waals surface area contributed by atoms with Crippen LogP contribution in [0.3, 0.4) is 0 Å². The molecule has 0 aliphatic heterocycles. The van der Waals surface area contributed by atoms with E-state index in [1.807, 2.05) is 19.9 Å². The van der Waals surface area contributed by atoms with Crippen LogP contribution in [0.2, 0.25) is 0 Å². The number of carbonyl (C=O) groups excluding carboxylic acids is 1. The maximum absolute atomic E-state index is 11.4. The minimum Gasteiger partial charge on any atom is -0.459 e. The van der Waals surface area contributed by atoms with Crippen LogP contribution < -0.4 is 0 Å². The van der Waals surface area contributed by atoms with Crippen LogP contribution in [0.15, 0.2) is 30.3 Å². The second kappa shape index (κ2) is 5.51. The molecule has 0 radical (unpaired) electrons. The van der Waals surface area contributed by atoms with Gasteiger partial charge in [0.1, 0.15) is 6.61 Å². The van der Waals surface area contributed by atoms with E-state index < -0.39 is 12.1 Å². The van der Waals surface area contributed by atoms with Crippen LogP contribution in [-0.4, -0.2) is 23.8 Å². The number of carbonyl (C=O) groups is 1. The molecule has 0 saturated heterocycles. The molecule has 1 atom stereocenters. The Bertz CT molecular complexity index is 306. The fourth-order valence-corrected chi connectivity index (χ4v) is 1.01. The molecule has 0 bridgehead atoms. The first-order valence-electron chi connectivity index (χ1n) is 5.01. The smallest absolute Gasteiger partial charge is 0.338 e. The molecule has 82 valence electrons. The van der Waals surface area contributed by atoms with Crippen molar-refractivity contribution < 1.29 is 14.6 Å². The van der Waals surface area contributed by atoms with E-state index in [9.17, 15) is 9.90 Å². The van der Waals surface area contributed by atoms with Crippen molar-refractivity contribution in [3.05, 3.63) is 35.9 Å². The molecule has 0 aromatic heterocycles. The molecule has 3 nitrogen and oxygen atoms in total. The summed E-state index contributed by atoms with van der Waals surface area (Å²) in [4.78, 5) is 11.4. The highest BCUT2D eigenvalue weighted by Crippen LogP contribution is 2.05. The third-order valence-corrected chi connectivity index (χ3v) is 2.16. The highest BCUT2D eigenvalue weighted by atomic mass is 16.5. The Morgan fingerprint density at radius 2 is 1.93 bits per heavy atom. The van der Waals surface area contributed by atoms with E-state index in [2.05, 4.69) is 0 Å². The molecule has 1 aromatic rings. The Labute approximate surface area is 89.7 Å². The lowest BCUT2D eigenvalue weighted by atomic mass is 10.1. The van der Waals surface area contributed by atoms with E-state index in [0.29, 0.717) is 5.56 Å². The molecule has 15 heavy (non-hydrogen) atoms. The molecule has 0 aliphatic rings. The van der Waals surface area contributed by atoms with Gasteiger partial charge in [0.05, 0.1) is 11.7 Å². The molecule has 0 fully saturated rings. The van der Waals surface area contributed by atoms with Crippen LogP contribution in [0, 0.1) is 5.92 Å². The molecule has 0 spiro atoms. The second-order valence-corrected chi connectivity index (χ2v) is 3.78. The first-order valence-corrected chi connectivity index (χ1v) is 5.01. The van der Waals surface area contributed by atoms with Gasteiger partial charge >= 0.3 is 5.97 Å². The van der Waals surface area contributed by atoms with Gasteiger partial charge in [0.2, 0.25) is 0 Å². The van der Waals surface area contributed by atoms with Gasteiger partial charge in [-0.3, -0.25) is 0 Å². The Morgan fingerprint density at radius 1 is 1.33 bits per heavy atom. The van der Waals surface area contributed by atoms with Gasteiger partial charge < -0.3 is 9.84 Å². The number of aliphatic hydroxyl groups excluding tert-OH is 1. The van der Waals surface area contributed by atoms with Crippen LogP contribution >= 0.6 is 0 Å². The maximum atomic E-state index is 11.4. The summed E-state index contributed by atoms with van der Waals surface area (Å²) in [6.07, 6.45) is -0.599. The molecule has 3 heteroatoms. The van der Waals surface area contributed by atoms with Crippen molar-refractivity contribution in [2.45, 2.75) is 20.0 Å². The lowest BCUT2D eigenvalue weighted by Gasteiger charge is -2.14. The summed E-state index contributed by atoms with van der Waals surface area (Å²) in [5.74, 6) is -0.302. The third-order valence-electron chi connectivity index (χ3n) is 2.16. The summed E-state index contributed by atoms with van der Waals surface area (Å²) < 4.78 is 4.96. The molecule has 0 heterocycles. The van der Waals surface area contributed by atoms with Gasteiger partial charge in [-0.05, 0) is 18.1 Å². The minimum absolute atomic E-state index is 0.0470. The molecule has 1 aromatic carbocycles. The number of hydrogen-bond donors (Lipinski definition) is 1. The number of ether oxygens (including phenoxy) is 1. The van der Waals surface area contributed by atoms with Gasteiger partial charge in [0.25, 0.3) is 0 Å². The zero-order valence-electron chi connectivity index (χ0n) is 9.01. The van der Waals surface area contributed by atoms with Crippen LogP contribution in [0.5, 0.6) is 0 Å². The normalized spacial score (nSPS) is 12.5. The van der Waals surface area contributed by atoms with Gasteiger partial charge in [-0.1, -0.05) is 32.0 Å². The Balaban J connectivity index is 2.44. The molecule has 0 aliphatic carbocycles. The molecular weight excluding hydrogens is 192 g/mol. The van der Waals surface area contributed by atoms with E-state index in [4.69, 9.17) is 4.74 Å². The topological polar surface area (TPSA) is 46.5 Å². The zero-order valence-corrected chi connectivity index (χ0v) is 9.01. The fraction of sp³-hybridized carbons (Fsp3) is 0.417. The van der Waals surface area contributed by atoms with Crippen molar-refractivity contribution in [1.82, 2.24) is 0 Å². The number of benzene rings is 1. The highest BCUT2D eigenvalue weighted by Gasteiger charge is 2.13. The third kappa shape index (κ3) is 3.72. The van der Waals surface area contributed by atoms with Gasteiger partial charge in [-0.2, -0.15) is 0 Å². The summed E-state index contributed by atoms with van der Waals surface area (Å²) in [6, 6.07) is 8.75. The first kappa shape index (κ1) is 11.7. The van der Waals surface area contributed by atoms with E-state index in [1.54, 1.807) is 24.3 Å². The number of hydrogen-bond acceptors (Lipinski definition) is 3. The number of aliphatic hydroxyl groups is 1. The molecule has 1 unspecified atom stereocenters. The SMILES string of the molecule is CC(C)C(O)COC(=O)c1ccccc1. The van der Waals surface area contributed by atoms with Gasteiger partial charge in [0.15, 0.2) is 0 Å². The predicted molar refractivity (Wildman–Crippen MR) is 57.6 cm³/mol. The lowest BCUT2D eigenvalue weighted by Crippen LogP contribution is -2.23. The van der Waals surface area contributed by atoms with Crippen LogP contribution in [0.25, 0.3) is 0 Å². The van der Waals surface area contributed by atoms with Crippen molar-refractivity contribution in [1.29, 1.82) is 0 Å². The van der Waals surface area contributed by atoms with E-state index in [-0.39, 0.29) is 12.5 Å². The van der Waals surface area contributed by atoms with Crippen LogP contribution in [0.4, 0.5) is 0 Å². The fourth-order valence-electron chi connectivity index (χ4n) is 1.01. The van der Waals surface area contributed by atoms with E-state index in [0.717, 1.165) is 0 Å². The quantitative estimate of drug-likeness (QED) is 0.768. The number of rotatable bonds is 4. The zero-order chi connectivity index (χ0) is 11.3. The lowest BCUT2D eigenvalue weighted by molar-refractivity contribution is 0.0137. The van der Waals surface area contributed by atoms with Crippen LogP contribution in [-0.2, 0) is 4.74 Å². The van der Waals surface area contributed by atoms with E-state index in [1.165, 1.54) is 0 Å². The molecule has 1 N–H and O–H groups in total. The van der Waals surface area contributed by atoms with Crippen molar-refractivity contribution >= 4 is 5.97 Å². The number of esters is 1. The van der Waals surface area contributed by atoms with Gasteiger partial charge in [0, 0.05) is 0 Å². The van der Waals surface area contributed by atoms with E-state index >= 15 is 0 Å². The monoisotopic (exact) mass is 208 g/mol. The summed E-state index contributed by atoms with van der Waals surface area (Å²) in [6.45, 7) is 3.80. The molecule has 0 amide bonds. The van der Waals surface area contributed by atoms with Crippen molar-refractivity contribution in [3.63, 3.8) is 0 Å². The summed E-state index contributed by atoms with van der Waals surface area (Å²) in [7, 11) is 0. The average Bonchev–Trinajstić information content (AvgIpc) is 2.26. The second-order valence-electron chi connectivity index (χ2n) is 3.78. The summed E-state index contributed by atoms with van der Waals surface area (Å²) >= 11 is 0. The van der Waals surface area contributed by atoms with Gasteiger partial charge in [-0.25, -0.2) is 4.79 Å². The molecule has 1 rings (SSSR count). The average molecular weight is 208 g/mol. The van der Waals surface area contributed by atoms with Crippen molar-refractivity contribution in [2.24, 2.45) is 5.92 Å². The first-order chi connectivity index (χ1) is 7.11.